The van der Waals surface area contributed by atoms with Crippen LogP contribution in [0.1, 0.15) is 20.8 Å². The van der Waals surface area contributed by atoms with Gasteiger partial charge in [0.2, 0.25) is 5.95 Å². The molecule has 1 aromatic heterocycles. The number of nitrogens with one attached hydrogen (secondary N) is 1. The third-order valence-electron chi connectivity index (χ3n) is 2.55. The first-order chi connectivity index (χ1) is 8.40. The highest BCUT2D eigenvalue weighted by atomic mass is 19.1. The molecule has 0 atom stereocenters. The van der Waals surface area contributed by atoms with E-state index >= 15 is 0 Å². The van der Waals surface area contributed by atoms with E-state index < -0.39 is 0 Å². The second kappa shape index (κ2) is 4.57. The number of hydrogen-bond acceptors (Lipinski definition) is 3. The highest BCUT2D eigenvalue weighted by Gasteiger charge is 2.16. The molecule has 1 heterocycles. The molecule has 0 aliphatic heterocycles. The molecule has 0 unspecified atom stereocenters. The van der Waals surface area contributed by atoms with Crippen LogP contribution in [0.25, 0.3) is 11.0 Å². The van der Waals surface area contributed by atoms with Gasteiger partial charge >= 0.3 is 0 Å². The fourth-order valence-corrected chi connectivity index (χ4v) is 1.89. The molecule has 0 saturated heterocycles. The van der Waals surface area contributed by atoms with Gasteiger partial charge in [-0.15, -0.1) is 0 Å². The standard InChI is InChI=1S/C13H19FN4/c1-13(2,3)17-12-16-10-8-9(14)4-5-11(10)18(12)7-6-15/h4-5,8H,6-7,15H2,1-3H3,(H,16,17). The fourth-order valence-electron chi connectivity index (χ4n) is 1.89. The number of fused-ring (bicyclic) bond motifs is 1. The summed E-state index contributed by atoms with van der Waals surface area (Å²) in [6.45, 7) is 7.33. The van der Waals surface area contributed by atoms with Gasteiger partial charge in [-0.1, -0.05) is 0 Å². The van der Waals surface area contributed by atoms with Crippen molar-refractivity contribution in [1.82, 2.24) is 9.55 Å². The third-order valence-corrected chi connectivity index (χ3v) is 2.55. The predicted octanol–water partition coefficient (Wildman–Crippen LogP) is 2.34. The average molecular weight is 250 g/mol. The summed E-state index contributed by atoms with van der Waals surface area (Å²) in [7, 11) is 0. The molecule has 0 aliphatic carbocycles. The van der Waals surface area contributed by atoms with Crippen LogP contribution in [-0.4, -0.2) is 21.6 Å². The van der Waals surface area contributed by atoms with Crippen molar-refractivity contribution in [3.8, 4) is 0 Å². The van der Waals surface area contributed by atoms with Crippen LogP contribution < -0.4 is 11.1 Å². The molecule has 0 spiro atoms. The Bertz CT molecular complexity index is 554. The zero-order valence-electron chi connectivity index (χ0n) is 11.0. The largest absolute Gasteiger partial charge is 0.351 e. The Morgan fingerprint density at radius 2 is 2.11 bits per heavy atom. The third kappa shape index (κ3) is 2.61. The number of benzene rings is 1. The monoisotopic (exact) mass is 250 g/mol. The Kier molecular flexibility index (Phi) is 3.26. The molecule has 0 saturated carbocycles. The maximum Gasteiger partial charge on any atom is 0.204 e. The number of nitrogens with zero attached hydrogens (tertiary/aromatic N) is 2. The van der Waals surface area contributed by atoms with Crippen LogP contribution in [0.15, 0.2) is 18.2 Å². The maximum absolute atomic E-state index is 13.2. The SMILES string of the molecule is CC(C)(C)Nc1nc2cc(F)ccc2n1CCN. The molecule has 3 N–H and O–H groups in total. The number of hydrogen-bond donors (Lipinski definition) is 2. The Morgan fingerprint density at radius 3 is 2.72 bits per heavy atom. The summed E-state index contributed by atoms with van der Waals surface area (Å²) >= 11 is 0. The van der Waals surface area contributed by atoms with Crippen LogP contribution >= 0.6 is 0 Å². The van der Waals surface area contributed by atoms with Gasteiger partial charge in [-0.2, -0.15) is 0 Å². The normalized spacial score (nSPS) is 12.1. The second-order valence-electron chi connectivity index (χ2n) is 5.38. The van der Waals surface area contributed by atoms with E-state index in [-0.39, 0.29) is 11.4 Å². The number of imidazole rings is 1. The van der Waals surface area contributed by atoms with Crippen LogP contribution in [0.5, 0.6) is 0 Å². The van der Waals surface area contributed by atoms with Crippen LogP contribution in [0.3, 0.4) is 0 Å². The summed E-state index contributed by atoms with van der Waals surface area (Å²) < 4.78 is 15.2. The summed E-state index contributed by atoms with van der Waals surface area (Å²) in [5.74, 6) is 0.454. The lowest BCUT2D eigenvalue weighted by Gasteiger charge is -2.22. The number of nitrogens with two attached hydrogens (primary N) is 1. The van der Waals surface area contributed by atoms with Gasteiger partial charge in [0.25, 0.3) is 0 Å². The molecule has 1 aromatic carbocycles. The van der Waals surface area contributed by atoms with Gasteiger partial charge in [-0.3, -0.25) is 0 Å². The van der Waals surface area contributed by atoms with Gasteiger partial charge in [-0.05, 0) is 32.9 Å². The summed E-state index contributed by atoms with van der Waals surface area (Å²) in [5, 5.41) is 3.32. The zero-order chi connectivity index (χ0) is 13.3. The van der Waals surface area contributed by atoms with Crippen molar-refractivity contribution in [1.29, 1.82) is 0 Å². The van der Waals surface area contributed by atoms with E-state index in [1.807, 2.05) is 4.57 Å². The zero-order valence-corrected chi connectivity index (χ0v) is 11.0. The molecule has 0 radical (unpaired) electrons. The maximum atomic E-state index is 13.2. The van der Waals surface area contributed by atoms with Crippen molar-refractivity contribution in [2.45, 2.75) is 32.9 Å². The van der Waals surface area contributed by atoms with Gasteiger partial charge in [0.05, 0.1) is 11.0 Å². The minimum Gasteiger partial charge on any atom is -0.351 e. The molecule has 5 heteroatoms. The molecule has 0 amide bonds. The minimum atomic E-state index is -0.276. The summed E-state index contributed by atoms with van der Waals surface area (Å²) in [4.78, 5) is 4.43. The van der Waals surface area contributed by atoms with Crippen LogP contribution in [0, 0.1) is 5.82 Å². The van der Waals surface area contributed by atoms with Crippen LogP contribution in [-0.2, 0) is 6.54 Å². The van der Waals surface area contributed by atoms with Gasteiger partial charge in [0.15, 0.2) is 0 Å². The van der Waals surface area contributed by atoms with Gasteiger partial charge < -0.3 is 15.6 Å². The van der Waals surface area contributed by atoms with Crippen molar-refractivity contribution >= 4 is 17.0 Å². The van der Waals surface area contributed by atoms with Gasteiger partial charge in [0.1, 0.15) is 5.82 Å². The van der Waals surface area contributed by atoms with Crippen LogP contribution in [0.2, 0.25) is 0 Å². The Labute approximate surface area is 106 Å². The molecular formula is C13H19FN4. The van der Waals surface area contributed by atoms with Gasteiger partial charge in [0, 0.05) is 24.7 Å². The second-order valence-corrected chi connectivity index (χ2v) is 5.38. The van der Waals surface area contributed by atoms with Crippen molar-refractivity contribution in [2.24, 2.45) is 5.73 Å². The predicted molar refractivity (Wildman–Crippen MR) is 72.1 cm³/mol. The van der Waals surface area contributed by atoms with Crippen molar-refractivity contribution in [2.75, 3.05) is 11.9 Å². The number of aromatic nitrogens is 2. The summed E-state index contributed by atoms with van der Waals surface area (Å²) in [6, 6.07) is 4.62. The highest BCUT2D eigenvalue weighted by Crippen LogP contribution is 2.22. The van der Waals surface area contributed by atoms with E-state index in [0.29, 0.717) is 18.6 Å². The van der Waals surface area contributed by atoms with E-state index in [9.17, 15) is 4.39 Å². The van der Waals surface area contributed by atoms with Crippen molar-refractivity contribution in [3.63, 3.8) is 0 Å². The number of rotatable bonds is 3. The molecule has 0 aliphatic rings. The molecule has 4 nitrogen and oxygen atoms in total. The number of halogens is 1. The summed E-state index contributed by atoms with van der Waals surface area (Å²) in [6.07, 6.45) is 0. The smallest absolute Gasteiger partial charge is 0.204 e. The Morgan fingerprint density at radius 1 is 1.39 bits per heavy atom. The quantitative estimate of drug-likeness (QED) is 0.879. The first-order valence-electron chi connectivity index (χ1n) is 6.05. The highest BCUT2D eigenvalue weighted by molar-refractivity contribution is 5.78. The summed E-state index contributed by atoms with van der Waals surface area (Å²) in [5.41, 5.74) is 7.06. The van der Waals surface area contributed by atoms with Crippen LogP contribution in [0.4, 0.5) is 10.3 Å². The Balaban J connectivity index is 2.53. The van der Waals surface area contributed by atoms with E-state index in [0.717, 1.165) is 11.5 Å². The molecular weight excluding hydrogens is 231 g/mol. The molecule has 2 aromatic rings. The minimum absolute atomic E-state index is 0.105. The molecule has 98 valence electrons. The van der Waals surface area contributed by atoms with Crippen molar-refractivity contribution < 1.29 is 4.39 Å². The molecule has 0 bridgehead atoms. The van der Waals surface area contributed by atoms with Gasteiger partial charge in [-0.25, -0.2) is 9.37 Å². The van der Waals surface area contributed by atoms with Crippen molar-refractivity contribution in [3.05, 3.63) is 24.0 Å². The van der Waals surface area contributed by atoms with E-state index in [1.54, 1.807) is 6.07 Å². The Hall–Kier alpha value is -1.62. The van der Waals surface area contributed by atoms with E-state index in [1.165, 1.54) is 12.1 Å². The number of anilines is 1. The first kappa shape index (κ1) is 12.8. The molecule has 2 rings (SSSR count). The molecule has 18 heavy (non-hydrogen) atoms. The lowest BCUT2D eigenvalue weighted by Crippen LogP contribution is -2.28. The average Bonchev–Trinajstić information content (AvgIpc) is 2.54. The molecule has 0 fully saturated rings. The first-order valence-corrected chi connectivity index (χ1v) is 6.05. The topological polar surface area (TPSA) is 55.9 Å². The van der Waals surface area contributed by atoms with E-state index in [4.69, 9.17) is 5.73 Å². The lowest BCUT2D eigenvalue weighted by molar-refractivity contribution is 0.611. The lowest BCUT2D eigenvalue weighted by atomic mass is 10.1. The van der Waals surface area contributed by atoms with E-state index in [2.05, 4.69) is 31.1 Å². The fraction of sp³-hybridized carbons (Fsp3) is 0.462.